The van der Waals surface area contributed by atoms with E-state index in [0.717, 1.165) is 27.1 Å². The number of fused-ring (bicyclic) bond motifs is 1. The van der Waals surface area contributed by atoms with Crippen molar-refractivity contribution in [2.24, 2.45) is 0 Å². The number of ketones is 1. The lowest BCUT2D eigenvalue weighted by molar-refractivity contribution is -0.110. The molecule has 0 saturated carbocycles. The third-order valence-electron chi connectivity index (χ3n) is 4.54. The van der Waals surface area contributed by atoms with Gasteiger partial charge in [-0.1, -0.05) is 72.8 Å². The fourth-order valence-electron chi connectivity index (χ4n) is 2.94. The van der Waals surface area contributed by atoms with Crippen LogP contribution in [0, 0.1) is 0 Å². The summed E-state index contributed by atoms with van der Waals surface area (Å²) < 4.78 is 11.7. The molecule has 0 spiro atoms. The molecule has 1 heterocycles. The molecule has 0 aliphatic carbocycles. The van der Waals surface area contributed by atoms with Gasteiger partial charge in [0.1, 0.15) is 0 Å². The quantitative estimate of drug-likeness (QED) is 0.342. The summed E-state index contributed by atoms with van der Waals surface area (Å²) in [7, 11) is 0. The van der Waals surface area contributed by atoms with Crippen LogP contribution in [0.25, 0.3) is 6.08 Å². The van der Waals surface area contributed by atoms with Gasteiger partial charge in [0, 0.05) is 21.8 Å². The number of carbonyl (C=O) groups is 1. The van der Waals surface area contributed by atoms with E-state index in [1.165, 1.54) is 11.1 Å². The Hall–Kier alpha value is -2.89. The Balaban J connectivity index is 1.43. The number of hydrogen-bond acceptors (Lipinski definition) is 5. The van der Waals surface area contributed by atoms with Gasteiger partial charge in [-0.15, -0.1) is 23.5 Å². The van der Waals surface area contributed by atoms with Gasteiger partial charge in [-0.05, 0) is 34.9 Å². The molecule has 0 bridgehead atoms. The molecule has 1 aliphatic rings. The van der Waals surface area contributed by atoms with E-state index < -0.39 is 0 Å². The third-order valence-corrected chi connectivity index (χ3v) is 7.01. The van der Waals surface area contributed by atoms with Crippen molar-refractivity contribution in [2.45, 2.75) is 11.5 Å². The summed E-state index contributed by atoms with van der Waals surface area (Å²) in [6.45, 7) is 0.241. The summed E-state index contributed by atoms with van der Waals surface area (Å²) in [5.74, 6) is 3.07. The summed E-state index contributed by atoms with van der Waals surface area (Å²) in [6, 6.07) is 26.2. The maximum atomic E-state index is 12.6. The average Bonchev–Trinajstić information content (AvgIpc) is 3.29. The van der Waals surface area contributed by atoms with E-state index in [1.807, 2.05) is 60.7 Å². The predicted molar refractivity (Wildman–Crippen MR) is 130 cm³/mol. The minimum atomic E-state index is -0.0335. The van der Waals surface area contributed by atoms with Gasteiger partial charge in [-0.25, -0.2) is 0 Å². The largest absolute Gasteiger partial charge is 0.454 e. The van der Waals surface area contributed by atoms with Crippen molar-refractivity contribution in [2.75, 3.05) is 6.79 Å². The minimum absolute atomic E-state index is 0.0335. The topological polar surface area (TPSA) is 35.5 Å². The van der Waals surface area contributed by atoms with E-state index in [0.29, 0.717) is 5.75 Å². The number of ether oxygens (including phenoxy) is 2. The lowest BCUT2D eigenvalue weighted by atomic mass is 10.1. The number of rotatable bonds is 9. The molecule has 0 unspecified atom stereocenters. The predicted octanol–water partition coefficient (Wildman–Crippen LogP) is 6.71. The first kappa shape index (κ1) is 21.3. The molecule has 0 fully saturated rings. The van der Waals surface area contributed by atoms with Crippen LogP contribution >= 0.6 is 23.5 Å². The van der Waals surface area contributed by atoms with Gasteiger partial charge < -0.3 is 9.47 Å². The number of carbonyl (C=O) groups excluding carboxylic acids is 1. The zero-order valence-electron chi connectivity index (χ0n) is 16.9. The van der Waals surface area contributed by atoms with Crippen molar-refractivity contribution < 1.29 is 14.3 Å². The Kier molecular flexibility index (Phi) is 7.53. The Bertz CT molecular complexity index is 1030. The molecule has 3 aromatic rings. The Morgan fingerprint density at radius 3 is 2.06 bits per heavy atom. The van der Waals surface area contributed by atoms with E-state index >= 15 is 0 Å². The van der Waals surface area contributed by atoms with Crippen molar-refractivity contribution in [3.8, 4) is 11.5 Å². The number of thioether (sulfide) groups is 2. The van der Waals surface area contributed by atoms with Crippen molar-refractivity contribution in [1.29, 1.82) is 0 Å². The molecular formula is C26H22O3S2. The lowest BCUT2D eigenvalue weighted by Gasteiger charge is -2.07. The van der Waals surface area contributed by atoms with E-state index in [2.05, 4.69) is 24.3 Å². The molecule has 31 heavy (non-hydrogen) atoms. The number of benzene rings is 3. The molecule has 156 valence electrons. The zero-order valence-corrected chi connectivity index (χ0v) is 18.5. The second kappa shape index (κ2) is 10.9. The summed E-state index contributed by atoms with van der Waals surface area (Å²) in [4.78, 5) is 12.6. The molecule has 1 aliphatic heterocycles. The fourth-order valence-corrected chi connectivity index (χ4v) is 5.03. The number of hydrogen-bond donors (Lipinski definition) is 0. The summed E-state index contributed by atoms with van der Waals surface area (Å²) in [6.07, 6.45) is 5.14. The average molecular weight is 447 g/mol. The van der Waals surface area contributed by atoms with E-state index in [4.69, 9.17) is 9.47 Å². The molecule has 4 rings (SSSR count). The van der Waals surface area contributed by atoms with Crippen LogP contribution in [0.2, 0.25) is 0 Å². The second-order valence-electron chi connectivity index (χ2n) is 6.86. The van der Waals surface area contributed by atoms with E-state index in [-0.39, 0.29) is 12.6 Å². The molecule has 0 amide bonds. The lowest BCUT2D eigenvalue weighted by Crippen LogP contribution is -1.92. The van der Waals surface area contributed by atoms with E-state index in [1.54, 1.807) is 35.7 Å². The molecule has 0 atom stereocenters. The van der Waals surface area contributed by atoms with Crippen LogP contribution in [0.4, 0.5) is 0 Å². The zero-order chi connectivity index (χ0) is 21.3. The smallest absolute Gasteiger partial charge is 0.231 e. The van der Waals surface area contributed by atoms with Crippen molar-refractivity contribution in [3.63, 3.8) is 0 Å². The first-order chi connectivity index (χ1) is 15.3. The monoisotopic (exact) mass is 446 g/mol. The van der Waals surface area contributed by atoms with Crippen LogP contribution in [-0.4, -0.2) is 12.6 Å². The van der Waals surface area contributed by atoms with Gasteiger partial charge in [-0.2, -0.15) is 0 Å². The third kappa shape index (κ3) is 6.54. The Morgan fingerprint density at radius 1 is 0.806 bits per heavy atom. The first-order valence-corrected chi connectivity index (χ1v) is 11.9. The molecule has 0 aromatic heterocycles. The Labute approximate surface area is 191 Å². The van der Waals surface area contributed by atoms with Gasteiger partial charge >= 0.3 is 0 Å². The maximum Gasteiger partial charge on any atom is 0.231 e. The highest BCUT2D eigenvalue weighted by Gasteiger charge is 2.12. The standard InChI is InChI=1S/C26H22O3S2/c27-23(13-11-20-12-14-24-25(15-20)29-19-28-24)16-26(30-17-21-7-3-1-4-8-21)31-18-22-9-5-2-6-10-22/h1-16H,17-19H2. The summed E-state index contributed by atoms with van der Waals surface area (Å²) in [5.41, 5.74) is 3.38. The maximum absolute atomic E-state index is 12.6. The van der Waals surface area contributed by atoms with Gasteiger partial charge in [0.05, 0.1) is 0 Å². The highest BCUT2D eigenvalue weighted by molar-refractivity contribution is 8.21. The SMILES string of the molecule is O=C(C=Cc1ccc2c(c1)OCO2)C=C(SCc1ccccc1)SCc1ccccc1. The van der Waals surface area contributed by atoms with Crippen molar-refractivity contribution in [3.05, 3.63) is 112 Å². The van der Waals surface area contributed by atoms with Crippen LogP contribution in [0.3, 0.4) is 0 Å². The molecule has 3 nitrogen and oxygen atoms in total. The molecular weight excluding hydrogens is 424 g/mol. The molecule has 0 N–H and O–H groups in total. The van der Waals surface area contributed by atoms with Gasteiger partial charge in [0.2, 0.25) is 6.79 Å². The highest BCUT2D eigenvalue weighted by atomic mass is 32.2. The van der Waals surface area contributed by atoms with Gasteiger partial charge in [-0.3, -0.25) is 4.79 Å². The van der Waals surface area contributed by atoms with Gasteiger partial charge in [0.25, 0.3) is 0 Å². The molecule has 0 radical (unpaired) electrons. The second-order valence-corrected chi connectivity index (χ2v) is 9.15. The summed E-state index contributed by atoms with van der Waals surface area (Å²) in [5, 5.41) is 0. The van der Waals surface area contributed by atoms with Crippen LogP contribution in [0.15, 0.2) is 95.3 Å². The van der Waals surface area contributed by atoms with Crippen LogP contribution in [0.5, 0.6) is 11.5 Å². The van der Waals surface area contributed by atoms with Crippen molar-refractivity contribution >= 4 is 35.4 Å². The van der Waals surface area contributed by atoms with Gasteiger partial charge in [0.15, 0.2) is 17.3 Å². The van der Waals surface area contributed by atoms with Crippen LogP contribution in [-0.2, 0) is 16.3 Å². The minimum Gasteiger partial charge on any atom is -0.454 e. The molecule has 5 heteroatoms. The van der Waals surface area contributed by atoms with E-state index in [9.17, 15) is 4.79 Å². The first-order valence-electron chi connectivity index (χ1n) is 9.93. The Morgan fingerprint density at radius 2 is 1.42 bits per heavy atom. The molecule has 3 aromatic carbocycles. The normalized spacial score (nSPS) is 12.1. The highest BCUT2D eigenvalue weighted by Crippen LogP contribution is 2.34. The van der Waals surface area contributed by atoms with Crippen molar-refractivity contribution in [1.82, 2.24) is 0 Å². The molecule has 0 saturated heterocycles. The van der Waals surface area contributed by atoms with Crippen LogP contribution in [0.1, 0.15) is 16.7 Å². The summed E-state index contributed by atoms with van der Waals surface area (Å²) >= 11 is 3.39. The fraction of sp³-hybridized carbons (Fsp3) is 0.115. The van der Waals surface area contributed by atoms with Crippen LogP contribution < -0.4 is 9.47 Å². The number of allylic oxidation sites excluding steroid dienone is 2.